The molecule has 34 heavy (non-hydrogen) atoms. The molecule has 0 atom stereocenters. The molecule has 9 nitrogen and oxygen atoms in total. The number of nitrogens with one attached hydrogen (secondary N) is 2. The molecule has 2 aliphatic rings. The van der Waals surface area contributed by atoms with Crippen molar-refractivity contribution in [3.05, 3.63) is 30.2 Å². The summed E-state index contributed by atoms with van der Waals surface area (Å²) in [5.74, 6) is 2.40. The second kappa shape index (κ2) is 7.94. The third kappa shape index (κ3) is 3.41. The van der Waals surface area contributed by atoms with Gasteiger partial charge in [0.05, 0.1) is 17.9 Å². The Hall–Kier alpha value is -3.20. The van der Waals surface area contributed by atoms with E-state index >= 15 is 0 Å². The van der Waals surface area contributed by atoms with Crippen molar-refractivity contribution in [2.45, 2.75) is 70.6 Å². The second-order valence-electron chi connectivity index (χ2n) is 9.92. The van der Waals surface area contributed by atoms with Crippen molar-refractivity contribution in [3.63, 3.8) is 0 Å². The molecule has 4 aromatic heterocycles. The Labute approximate surface area is 199 Å². The minimum absolute atomic E-state index is 0.159. The van der Waals surface area contributed by atoms with E-state index < -0.39 is 0 Å². The first-order valence-corrected chi connectivity index (χ1v) is 12.3. The summed E-state index contributed by atoms with van der Waals surface area (Å²) in [6.07, 6.45) is 7.57. The van der Waals surface area contributed by atoms with Gasteiger partial charge < -0.3 is 19.9 Å². The van der Waals surface area contributed by atoms with Crippen LogP contribution in [0, 0.1) is 6.92 Å². The standard InChI is InChI=1S/C25H32N8O/c1-15(2)33-16(3)27-20-6-5-19(29-23(20)33)18-9-13-32-21(18)22(26-4)30-24(31-32)28-17-7-10-25(11-8-17)12-14-34-25/h5-6,9,13,15,17H,7-8,10-12,14H2,1-4H3,(H2,26,28,30,31). The Morgan fingerprint density at radius 3 is 2.56 bits per heavy atom. The number of nitrogens with zero attached hydrogens (tertiary/aromatic N) is 6. The first kappa shape index (κ1) is 21.3. The zero-order valence-corrected chi connectivity index (χ0v) is 20.3. The molecule has 1 saturated carbocycles. The van der Waals surface area contributed by atoms with Crippen LogP contribution in [0.25, 0.3) is 27.9 Å². The fourth-order valence-corrected chi connectivity index (χ4v) is 5.58. The summed E-state index contributed by atoms with van der Waals surface area (Å²) < 4.78 is 9.93. The number of aryl methyl sites for hydroxylation is 1. The summed E-state index contributed by atoms with van der Waals surface area (Å²) in [4.78, 5) is 14.5. The van der Waals surface area contributed by atoms with E-state index in [-0.39, 0.29) is 11.6 Å². The molecule has 1 aliphatic carbocycles. The highest BCUT2D eigenvalue weighted by molar-refractivity contribution is 5.89. The number of hydrogen-bond acceptors (Lipinski definition) is 7. The van der Waals surface area contributed by atoms with Gasteiger partial charge in [-0.2, -0.15) is 4.98 Å². The molecule has 2 fully saturated rings. The molecule has 9 heteroatoms. The largest absolute Gasteiger partial charge is 0.375 e. The molecule has 6 rings (SSSR count). The predicted molar refractivity (Wildman–Crippen MR) is 133 cm³/mol. The van der Waals surface area contributed by atoms with Crippen LogP contribution in [-0.4, -0.2) is 54.4 Å². The molecule has 5 heterocycles. The zero-order valence-electron chi connectivity index (χ0n) is 20.3. The van der Waals surface area contributed by atoms with E-state index in [0.29, 0.717) is 12.0 Å². The Kier molecular flexibility index (Phi) is 4.98. The molecule has 1 spiro atoms. The molecule has 2 N–H and O–H groups in total. The fraction of sp³-hybridized carbons (Fsp3) is 0.520. The maximum atomic E-state index is 5.86. The lowest BCUT2D eigenvalue weighted by molar-refractivity contribution is -0.165. The average molecular weight is 461 g/mol. The lowest BCUT2D eigenvalue weighted by Crippen LogP contribution is -2.48. The van der Waals surface area contributed by atoms with E-state index in [9.17, 15) is 0 Å². The lowest BCUT2D eigenvalue weighted by Gasteiger charge is -2.46. The van der Waals surface area contributed by atoms with Crippen molar-refractivity contribution in [1.82, 2.24) is 29.1 Å². The highest BCUT2D eigenvalue weighted by atomic mass is 16.5. The average Bonchev–Trinajstić information content (AvgIpc) is 3.37. The molecular weight excluding hydrogens is 428 g/mol. The monoisotopic (exact) mass is 460 g/mol. The number of pyridine rings is 1. The van der Waals surface area contributed by atoms with Gasteiger partial charge >= 0.3 is 0 Å². The molecule has 1 saturated heterocycles. The third-order valence-corrected chi connectivity index (χ3v) is 7.45. The Morgan fingerprint density at radius 2 is 1.88 bits per heavy atom. The predicted octanol–water partition coefficient (Wildman–Crippen LogP) is 4.59. The van der Waals surface area contributed by atoms with Crippen LogP contribution < -0.4 is 10.6 Å². The van der Waals surface area contributed by atoms with Gasteiger partial charge in [0.15, 0.2) is 11.5 Å². The van der Waals surface area contributed by atoms with E-state index in [0.717, 1.165) is 71.9 Å². The van der Waals surface area contributed by atoms with E-state index in [1.54, 1.807) is 0 Å². The highest BCUT2D eigenvalue weighted by Crippen LogP contribution is 2.41. The van der Waals surface area contributed by atoms with Crippen molar-refractivity contribution in [3.8, 4) is 11.3 Å². The third-order valence-electron chi connectivity index (χ3n) is 7.45. The summed E-state index contributed by atoms with van der Waals surface area (Å²) >= 11 is 0. The van der Waals surface area contributed by atoms with E-state index in [4.69, 9.17) is 19.8 Å². The van der Waals surface area contributed by atoms with Crippen LogP contribution in [-0.2, 0) is 4.74 Å². The molecule has 0 aromatic carbocycles. The smallest absolute Gasteiger partial charge is 0.243 e. The summed E-state index contributed by atoms with van der Waals surface area (Å²) in [7, 11) is 1.90. The van der Waals surface area contributed by atoms with Crippen LogP contribution >= 0.6 is 0 Å². The van der Waals surface area contributed by atoms with Gasteiger partial charge in [-0.25, -0.2) is 14.5 Å². The van der Waals surface area contributed by atoms with Crippen LogP contribution in [0.4, 0.5) is 11.8 Å². The van der Waals surface area contributed by atoms with Crippen LogP contribution in [0.3, 0.4) is 0 Å². The molecule has 0 unspecified atom stereocenters. The first-order valence-electron chi connectivity index (χ1n) is 12.3. The molecule has 178 valence electrons. The number of anilines is 2. The fourth-order valence-electron chi connectivity index (χ4n) is 5.58. The second-order valence-corrected chi connectivity index (χ2v) is 9.92. The number of hydrogen-bond donors (Lipinski definition) is 2. The van der Waals surface area contributed by atoms with Crippen molar-refractivity contribution >= 4 is 28.4 Å². The summed E-state index contributed by atoms with van der Waals surface area (Å²) in [6, 6.07) is 6.79. The molecule has 0 radical (unpaired) electrons. The zero-order chi connectivity index (χ0) is 23.4. The Bertz CT molecular complexity index is 1360. The van der Waals surface area contributed by atoms with Gasteiger partial charge in [0.25, 0.3) is 0 Å². The van der Waals surface area contributed by atoms with E-state index in [2.05, 4.69) is 40.1 Å². The number of rotatable bonds is 5. The number of fused-ring (bicyclic) bond motifs is 2. The van der Waals surface area contributed by atoms with Crippen LogP contribution in [0.1, 0.15) is 57.8 Å². The minimum atomic E-state index is 0.159. The van der Waals surface area contributed by atoms with Crippen LogP contribution in [0.15, 0.2) is 24.4 Å². The van der Waals surface area contributed by atoms with Crippen molar-refractivity contribution in [1.29, 1.82) is 0 Å². The Morgan fingerprint density at radius 1 is 1.09 bits per heavy atom. The van der Waals surface area contributed by atoms with Gasteiger partial charge in [0.2, 0.25) is 5.95 Å². The molecule has 0 bridgehead atoms. The Balaban J connectivity index is 1.33. The van der Waals surface area contributed by atoms with Crippen LogP contribution in [0.2, 0.25) is 0 Å². The number of imidazole rings is 1. The van der Waals surface area contributed by atoms with Crippen LogP contribution in [0.5, 0.6) is 0 Å². The number of ether oxygens (including phenoxy) is 1. The van der Waals surface area contributed by atoms with Gasteiger partial charge in [-0.15, -0.1) is 5.10 Å². The topological polar surface area (TPSA) is 94.2 Å². The van der Waals surface area contributed by atoms with E-state index in [1.807, 2.05) is 36.8 Å². The van der Waals surface area contributed by atoms with Crippen molar-refractivity contribution in [2.24, 2.45) is 0 Å². The maximum Gasteiger partial charge on any atom is 0.243 e. The van der Waals surface area contributed by atoms with Gasteiger partial charge in [-0.05, 0) is 71.1 Å². The summed E-state index contributed by atoms with van der Waals surface area (Å²) in [5, 5.41) is 11.6. The first-order chi connectivity index (χ1) is 16.5. The van der Waals surface area contributed by atoms with E-state index in [1.165, 1.54) is 6.42 Å². The summed E-state index contributed by atoms with van der Waals surface area (Å²) in [5.41, 5.74) is 4.77. The van der Waals surface area contributed by atoms with Crippen molar-refractivity contribution < 1.29 is 4.74 Å². The molecule has 4 aromatic rings. The SMILES string of the molecule is CNc1nc(NC2CCC3(CCO3)CC2)nn2ccc(-c3ccc4nc(C)n(C(C)C)c4n3)c12. The number of aromatic nitrogens is 6. The minimum Gasteiger partial charge on any atom is -0.375 e. The summed E-state index contributed by atoms with van der Waals surface area (Å²) in [6.45, 7) is 7.26. The van der Waals surface area contributed by atoms with Gasteiger partial charge in [0, 0.05) is 30.9 Å². The van der Waals surface area contributed by atoms with Crippen molar-refractivity contribution in [2.75, 3.05) is 24.3 Å². The van der Waals surface area contributed by atoms with Gasteiger partial charge in [-0.3, -0.25) is 0 Å². The molecule has 0 amide bonds. The molecule has 1 aliphatic heterocycles. The van der Waals surface area contributed by atoms with Gasteiger partial charge in [-0.1, -0.05) is 0 Å². The highest BCUT2D eigenvalue weighted by Gasteiger charge is 2.41. The quantitative estimate of drug-likeness (QED) is 0.450. The maximum absolute atomic E-state index is 5.86. The normalized spacial score (nSPS) is 22.6. The lowest BCUT2D eigenvalue weighted by atomic mass is 9.77. The molecular formula is C25H32N8O. The van der Waals surface area contributed by atoms with Gasteiger partial charge in [0.1, 0.15) is 16.9 Å².